The smallest absolute Gasteiger partial charge is 0.433 e. The summed E-state index contributed by atoms with van der Waals surface area (Å²) in [4.78, 5) is 49.0. The first-order valence-electron chi connectivity index (χ1n) is 18.3. The number of fused-ring (bicyclic) bond motifs is 2. The van der Waals surface area contributed by atoms with Crippen molar-refractivity contribution in [2.75, 3.05) is 43.5 Å². The number of imidazole rings is 1. The Kier molecular flexibility index (Phi) is 9.46. The molecule has 1 aromatic carbocycles. The van der Waals surface area contributed by atoms with Gasteiger partial charge in [0.1, 0.15) is 28.6 Å². The number of alkyl halides is 3. The van der Waals surface area contributed by atoms with Crippen molar-refractivity contribution in [1.82, 2.24) is 34.4 Å². The van der Waals surface area contributed by atoms with Gasteiger partial charge in [-0.1, -0.05) is 6.07 Å². The van der Waals surface area contributed by atoms with Crippen LogP contribution in [0.4, 0.5) is 29.5 Å². The van der Waals surface area contributed by atoms with Crippen LogP contribution in [0.3, 0.4) is 0 Å². The number of carbonyl (C=O) groups is 3. The molecule has 2 aliphatic heterocycles. The molecule has 6 heterocycles. The number of ether oxygens (including phenoxy) is 1. The first-order chi connectivity index (χ1) is 26.0. The molecule has 3 fully saturated rings. The Labute approximate surface area is 308 Å². The first-order valence-corrected chi connectivity index (χ1v) is 18.3. The number of likely N-dealkylation sites (tertiary alicyclic amines) is 1. The predicted octanol–water partition coefficient (Wildman–Crippen LogP) is 6.42. The van der Waals surface area contributed by atoms with E-state index in [2.05, 4.69) is 37.6 Å². The summed E-state index contributed by atoms with van der Waals surface area (Å²) < 4.78 is 48.8. The van der Waals surface area contributed by atoms with Gasteiger partial charge in [-0.05, 0) is 99.3 Å². The third-order valence-corrected chi connectivity index (χ3v) is 11.0. The van der Waals surface area contributed by atoms with Gasteiger partial charge in [0, 0.05) is 43.4 Å². The molecule has 13 nitrogen and oxygen atoms in total. The molecule has 1 saturated carbocycles. The summed E-state index contributed by atoms with van der Waals surface area (Å²) in [6.07, 6.45) is 7.53. The lowest BCUT2D eigenvalue weighted by atomic mass is 9.84. The molecule has 0 spiro atoms. The lowest BCUT2D eigenvalue weighted by molar-refractivity contribution is -0.141. The van der Waals surface area contributed by atoms with Crippen molar-refractivity contribution in [3.05, 3.63) is 78.0 Å². The van der Waals surface area contributed by atoms with Crippen LogP contribution < -0.4 is 20.3 Å². The number of nitrogens with zero attached hydrogens (tertiary/aromatic N) is 7. The van der Waals surface area contributed by atoms with E-state index in [4.69, 9.17) is 9.84 Å². The van der Waals surface area contributed by atoms with Gasteiger partial charge in [-0.3, -0.25) is 28.9 Å². The van der Waals surface area contributed by atoms with E-state index in [9.17, 15) is 27.6 Å². The molecular weight excluding hydrogens is 703 g/mol. The zero-order valence-electron chi connectivity index (χ0n) is 29.7. The molecule has 4 amide bonds. The summed E-state index contributed by atoms with van der Waals surface area (Å²) in [7, 11) is 1.46. The minimum Gasteiger partial charge on any atom is -0.494 e. The molecular formula is C38H40F3N9O4. The number of piperidine rings is 1. The third kappa shape index (κ3) is 7.21. The predicted molar refractivity (Wildman–Crippen MR) is 194 cm³/mol. The number of pyridine rings is 2. The number of aromatic nitrogens is 5. The fourth-order valence-corrected chi connectivity index (χ4v) is 8.06. The average molecular weight is 744 g/mol. The quantitative estimate of drug-likeness (QED) is 0.186. The van der Waals surface area contributed by atoms with Gasteiger partial charge in [0.25, 0.3) is 5.91 Å². The summed E-state index contributed by atoms with van der Waals surface area (Å²) in [5.41, 5.74) is 1.58. The van der Waals surface area contributed by atoms with Crippen LogP contribution in [0, 0.1) is 5.92 Å². The molecule has 54 heavy (non-hydrogen) atoms. The van der Waals surface area contributed by atoms with Gasteiger partial charge in [-0.15, -0.1) is 0 Å². The number of methoxy groups -OCH3 is 1. The average Bonchev–Trinajstić information content (AvgIpc) is 3.78. The number of benzene rings is 1. The fourth-order valence-electron chi connectivity index (χ4n) is 8.06. The molecule has 3 aliphatic rings. The first kappa shape index (κ1) is 35.5. The largest absolute Gasteiger partial charge is 0.494 e. The van der Waals surface area contributed by atoms with Crippen molar-refractivity contribution in [3.63, 3.8) is 0 Å². The van der Waals surface area contributed by atoms with E-state index in [0.717, 1.165) is 81.3 Å². The second kappa shape index (κ2) is 14.4. The Morgan fingerprint density at radius 1 is 1.02 bits per heavy atom. The molecule has 8 rings (SSSR count). The molecule has 4 aromatic heterocycles. The van der Waals surface area contributed by atoms with Crippen LogP contribution in [-0.2, 0) is 11.0 Å². The number of halogens is 3. The highest BCUT2D eigenvalue weighted by Crippen LogP contribution is 2.37. The normalized spacial score (nSPS) is 20.4. The molecule has 282 valence electrons. The maximum atomic E-state index is 13.2. The van der Waals surface area contributed by atoms with E-state index < -0.39 is 23.8 Å². The van der Waals surface area contributed by atoms with Gasteiger partial charge in [0.05, 0.1) is 30.6 Å². The van der Waals surface area contributed by atoms with E-state index in [0.29, 0.717) is 41.2 Å². The summed E-state index contributed by atoms with van der Waals surface area (Å²) in [6, 6.07) is 10.7. The molecule has 5 aromatic rings. The van der Waals surface area contributed by atoms with Crippen molar-refractivity contribution in [2.45, 2.75) is 63.1 Å². The van der Waals surface area contributed by atoms with E-state index in [1.807, 2.05) is 21.5 Å². The second-order valence-corrected chi connectivity index (χ2v) is 14.4. The van der Waals surface area contributed by atoms with Crippen LogP contribution >= 0.6 is 0 Å². The summed E-state index contributed by atoms with van der Waals surface area (Å²) in [5, 5.41) is 10.6. The lowest BCUT2D eigenvalue weighted by Gasteiger charge is -2.36. The van der Waals surface area contributed by atoms with Gasteiger partial charge < -0.3 is 15.0 Å². The number of imide groups is 1. The van der Waals surface area contributed by atoms with E-state index in [1.54, 1.807) is 23.2 Å². The molecule has 0 unspecified atom stereocenters. The zero-order valence-corrected chi connectivity index (χ0v) is 29.7. The van der Waals surface area contributed by atoms with Crippen LogP contribution in [0.15, 0.2) is 61.1 Å². The fraction of sp³-hybridized carbons (Fsp3) is 0.421. The number of hydrogen-bond acceptors (Lipinski definition) is 8. The Bertz CT molecular complexity index is 2220. The summed E-state index contributed by atoms with van der Waals surface area (Å²) in [5.74, 6) is 1.01. The van der Waals surface area contributed by atoms with Gasteiger partial charge in [-0.2, -0.15) is 18.3 Å². The topological polar surface area (TPSA) is 139 Å². The molecule has 16 heteroatoms. The van der Waals surface area contributed by atoms with Crippen LogP contribution in [0.25, 0.3) is 16.6 Å². The summed E-state index contributed by atoms with van der Waals surface area (Å²) in [6.45, 7) is 3.47. The monoisotopic (exact) mass is 743 g/mol. The van der Waals surface area contributed by atoms with Crippen molar-refractivity contribution in [1.29, 1.82) is 0 Å². The Hall–Kier alpha value is -5.51. The highest BCUT2D eigenvalue weighted by Gasteiger charge is 2.33. The molecule has 0 radical (unpaired) electrons. The lowest BCUT2D eigenvalue weighted by Crippen LogP contribution is -2.50. The van der Waals surface area contributed by atoms with Gasteiger partial charge in [0.2, 0.25) is 5.91 Å². The number of anilines is 2. The van der Waals surface area contributed by atoms with E-state index >= 15 is 0 Å². The highest BCUT2D eigenvalue weighted by atomic mass is 19.4. The molecule has 2 N–H and O–H groups in total. The number of nitrogens with one attached hydrogen (secondary N) is 2. The maximum absolute atomic E-state index is 13.2. The van der Waals surface area contributed by atoms with E-state index in [1.165, 1.54) is 18.7 Å². The van der Waals surface area contributed by atoms with Gasteiger partial charge in [0.15, 0.2) is 0 Å². The highest BCUT2D eigenvalue weighted by molar-refractivity contribution is 6.06. The van der Waals surface area contributed by atoms with Gasteiger partial charge in [-0.25, -0.2) is 14.8 Å². The van der Waals surface area contributed by atoms with Crippen molar-refractivity contribution in [2.24, 2.45) is 5.92 Å². The number of carbonyl (C=O) groups excluding carboxylic acids is 3. The minimum atomic E-state index is -4.66. The zero-order chi connectivity index (χ0) is 37.6. The Morgan fingerprint density at radius 2 is 1.81 bits per heavy atom. The van der Waals surface area contributed by atoms with E-state index in [-0.39, 0.29) is 24.1 Å². The maximum Gasteiger partial charge on any atom is 0.433 e. The SMILES string of the molecule is COc1cc2nn(C3CCC(CN4CCC(c5ccn6c(N7CCC(=O)NC7=O)cnc6c5)CC4)CC3)cc2cc1NC(=O)c1cccc(C(F)(F)F)n1. The molecule has 1 aliphatic carbocycles. The second-order valence-electron chi connectivity index (χ2n) is 14.4. The molecule has 0 bridgehead atoms. The van der Waals surface area contributed by atoms with Crippen molar-refractivity contribution in [3.8, 4) is 5.75 Å². The Balaban J connectivity index is 0.842. The molecule has 0 atom stereocenters. The molecule has 2 saturated heterocycles. The Morgan fingerprint density at radius 3 is 2.56 bits per heavy atom. The number of rotatable bonds is 8. The van der Waals surface area contributed by atoms with Crippen LogP contribution in [0.2, 0.25) is 0 Å². The number of hydrogen-bond donors (Lipinski definition) is 2. The standard InChI is InChI=1S/C38H40F3N9O4/c1-54-31-19-29-26(17-30(31)44-36(52)28-3-2-4-32(43-28)38(39,40)41)22-50(46-29)27-7-5-23(6-8-27)21-47-13-9-24(10-14-47)25-11-15-48-33(18-25)42-20-35(48)49-16-12-34(51)45-37(49)53/h2-4,11,15,17-20,22-24,27H,5-10,12-14,16,21H2,1H3,(H,44,52)(H,45,51,53). The minimum absolute atomic E-state index is 0.239. The third-order valence-electron chi connectivity index (χ3n) is 11.0. The van der Waals surface area contributed by atoms with Crippen molar-refractivity contribution < 1.29 is 32.3 Å². The number of urea groups is 1. The van der Waals surface area contributed by atoms with Crippen LogP contribution in [0.5, 0.6) is 5.75 Å². The van der Waals surface area contributed by atoms with Crippen LogP contribution in [0.1, 0.15) is 78.7 Å². The van der Waals surface area contributed by atoms with Gasteiger partial charge >= 0.3 is 12.2 Å². The number of amides is 4. The van der Waals surface area contributed by atoms with Crippen LogP contribution in [-0.4, -0.2) is 80.2 Å². The summed E-state index contributed by atoms with van der Waals surface area (Å²) >= 11 is 0. The van der Waals surface area contributed by atoms with Crippen molar-refractivity contribution >= 4 is 45.9 Å².